The number of aromatic nitrogens is 1. The number of hydrogen-bond acceptors (Lipinski definition) is 5. The van der Waals surface area contributed by atoms with Crippen LogP contribution in [0.1, 0.15) is 69.5 Å². The Morgan fingerprint density at radius 2 is 2.20 bits per heavy atom. The molecular weight excluding hydrogens is 382 g/mol. The number of ether oxygens (including phenoxy) is 1. The Balaban J connectivity index is 1.30. The van der Waals surface area contributed by atoms with Crippen molar-refractivity contribution in [1.82, 2.24) is 10.3 Å². The lowest BCUT2D eigenvalue weighted by Crippen LogP contribution is -2.42. The number of rotatable bonds is 12. The van der Waals surface area contributed by atoms with Crippen molar-refractivity contribution in [3.05, 3.63) is 23.4 Å². The highest BCUT2D eigenvalue weighted by Gasteiger charge is 2.30. The first-order valence-corrected chi connectivity index (χ1v) is 11.4. The summed E-state index contributed by atoms with van der Waals surface area (Å²) in [7, 11) is 0. The zero-order valence-electron chi connectivity index (χ0n) is 18.0. The molecule has 1 amide bonds. The number of nitrogens with zero attached hydrogens (tertiary/aromatic N) is 1. The molecule has 0 radical (unpaired) electrons. The van der Waals surface area contributed by atoms with Gasteiger partial charge in [0, 0.05) is 31.7 Å². The molecule has 1 aromatic heterocycles. The minimum absolute atomic E-state index is 0.195. The molecule has 0 spiro atoms. The van der Waals surface area contributed by atoms with Crippen LogP contribution in [0.5, 0.6) is 0 Å². The van der Waals surface area contributed by atoms with E-state index in [1.165, 1.54) is 12.0 Å². The summed E-state index contributed by atoms with van der Waals surface area (Å²) in [5.74, 6) is 0.508. The van der Waals surface area contributed by atoms with E-state index in [1.54, 1.807) is 0 Å². The van der Waals surface area contributed by atoms with Gasteiger partial charge in [-0.05, 0) is 62.5 Å². The number of fused-ring (bicyclic) bond motifs is 1. The van der Waals surface area contributed by atoms with Gasteiger partial charge in [0.25, 0.3) is 0 Å². The summed E-state index contributed by atoms with van der Waals surface area (Å²) in [5.41, 5.74) is 2.47. The molecule has 7 heteroatoms. The van der Waals surface area contributed by atoms with Crippen LogP contribution in [0.25, 0.3) is 0 Å². The predicted molar refractivity (Wildman–Crippen MR) is 116 cm³/mol. The minimum atomic E-state index is -0.998. The molecule has 0 saturated heterocycles. The fourth-order valence-electron chi connectivity index (χ4n) is 4.12. The van der Waals surface area contributed by atoms with Gasteiger partial charge in [-0.15, -0.1) is 0 Å². The lowest BCUT2D eigenvalue weighted by molar-refractivity contribution is -0.142. The van der Waals surface area contributed by atoms with E-state index in [2.05, 4.69) is 22.8 Å². The standard InChI is InChI=1S/C23H35N3O4/c1-2-3-6-21(27)26-20(23(28)29)11-13-30-19-14-16(15-19)7-9-18-10-8-17-5-4-12-24-22(17)25-18/h8,10,16,19-20H,2-7,9,11-15H2,1H3,(H,24,25)(H,26,27)(H,28,29). The predicted octanol–water partition coefficient (Wildman–Crippen LogP) is 3.32. The fraction of sp³-hybridized carbons (Fsp3) is 0.696. The zero-order valence-corrected chi connectivity index (χ0v) is 18.0. The van der Waals surface area contributed by atoms with Crippen molar-refractivity contribution >= 4 is 17.7 Å². The zero-order chi connectivity index (χ0) is 21.3. The number of carbonyl (C=O) groups excluding carboxylic acids is 1. The topological polar surface area (TPSA) is 101 Å². The molecule has 166 valence electrons. The van der Waals surface area contributed by atoms with E-state index < -0.39 is 12.0 Å². The average molecular weight is 418 g/mol. The highest BCUT2D eigenvalue weighted by Crippen LogP contribution is 2.34. The van der Waals surface area contributed by atoms with E-state index in [0.29, 0.717) is 25.4 Å². The van der Waals surface area contributed by atoms with Gasteiger partial charge in [0.1, 0.15) is 11.9 Å². The van der Waals surface area contributed by atoms with Gasteiger partial charge >= 0.3 is 5.97 Å². The summed E-state index contributed by atoms with van der Waals surface area (Å²) in [6.45, 7) is 3.37. The van der Waals surface area contributed by atoms with Crippen molar-refractivity contribution in [2.75, 3.05) is 18.5 Å². The van der Waals surface area contributed by atoms with Crippen molar-refractivity contribution in [1.29, 1.82) is 0 Å². The monoisotopic (exact) mass is 417 g/mol. The Labute approximate surface area is 179 Å². The van der Waals surface area contributed by atoms with Crippen LogP contribution >= 0.6 is 0 Å². The maximum absolute atomic E-state index is 11.8. The van der Waals surface area contributed by atoms with Crippen LogP contribution < -0.4 is 10.6 Å². The van der Waals surface area contributed by atoms with Crippen molar-refractivity contribution in [2.24, 2.45) is 5.92 Å². The Kier molecular flexibility index (Phi) is 8.49. The summed E-state index contributed by atoms with van der Waals surface area (Å²) in [5, 5.41) is 15.3. The minimum Gasteiger partial charge on any atom is -0.480 e. The molecule has 0 bridgehead atoms. The summed E-state index contributed by atoms with van der Waals surface area (Å²) < 4.78 is 5.84. The largest absolute Gasteiger partial charge is 0.480 e. The maximum Gasteiger partial charge on any atom is 0.326 e. The number of aryl methyl sites for hydroxylation is 2. The van der Waals surface area contributed by atoms with Gasteiger partial charge < -0.3 is 20.5 Å². The second-order valence-electron chi connectivity index (χ2n) is 8.56. The maximum atomic E-state index is 11.8. The molecule has 2 aliphatic rings. The number of amides is 1. The van der Waals surface area contributed by atoms with Crippen LogP contribution in [0.2, 0.25) is 0 Å². The lowest BCUT2D eigenvalue weighted by atomic mass is 9.79. The molecule has 1 aromatic rings. The smallest absolute Gasteiger partial charge is 0.326 e. The first-order valence-electron chi connectivity index (χ1n) is 11.4. The van der Waals surface area contributed by atoms with Crippen LogP contribution in [0, 0.1) is 5.92 Å². The van der Waals surface area contributed by atoms with Gasteiger partial charge in [-0.25, -0.2) is 9.78 Å². The van der Waals surface area contributed by atoms with Crippen LogP contribution in [-0.2, 0) is 27.2 Å². The first kappa shape index (κ1) is 22.5. The summed E-state index contributed by atoms with van der Waals surface area (Å²) >= 11 is 0. The number of pyridine rings is 1. The van der Waals surface area contributed by atoms with Crippen molar-refractivity contribution in [2.45, 2.75) is 83.3 Å². The second kappa shape index (κ2) is 11.3. The molecule has 1 aliphatic heterocycles. The third-order valence-electron chi connectivity index (χ3n) is 6.10. The van der Waals surface area contributed by atoms with E-state index in [1.807, 2.05) is 6.92 Å². The molecule has 3 N–H and O–H groups in total. The van der Waals surface area contributed by atoms with Gasteiger partial charge in [-0.1, -0.05) is 19.4 Å². The molecule has 30 heavy (non-hydrogen) atoms. The highest BCUT2D eigenvalue weighted by atomic mass is 16.5. The van der Waals surface area contributed by atoms with E-state index in [4.69, 9.17) is 9.72 Å². The molecule has 3 rings (SSSR count). The van der Waals surface area contributed by atoms with E-state index >= 15 is 0 Å². The van der Waals surface area contributed by atoms with Crippen LogP contribution in [0.4, 0.5) is 5.82 Å². The fourth-order valence-corrected chi connectivity index (χ4v) is 4.12. The normalized spacial score (nSPS) is 21.1. The Hall–Kier alpha value is -2.15. The second-order valence-corrected chi connectivity index (χ2v) is 8.56. The summed E-state index contributed by atoms with van der Waals surface area (Å²) in [6.07, 6.45) is 8.99. The molecule has 1 unspecified atom stereocenters. The summed E-state index contributed by atoms with van der Waals surface area (Å²) in [4.78, 5) is 27.9. The number of aliphatic carboxylic acids is 1. The van der Waals surface area contributed by atoms with Crippen LogP contribution in [-0.4, -0.2) is 47.3 Å². The van der Waals surface area contributed by atoms with Crippen molar-refractivity contribution < 1.29 is 19.4 Å². The number of carboxylic acids is 1. The molecule has 1 fully saturated rings. The van der Waals surface area contributed by atoms with E-state index in [0.717, 1.165) is 63.0 Å². The number of unbranched alkanes of at least 4 members (excludes halogenated alkanes) is 1. The molecule has 1 saturated carbocycles. The molecular formula is C23H35N3O4. The number of carboxylic acid groups (broad SMARTS) is 1. The molecule has 7 nitrogen and oxygen atoms in total. The Morgan fingerprint density at radius 1 is 1.37 bits per heavy atom. The van der Waals surface area contributed by atoms with Gasteiger partial charge in [0.15, 0.2) is 0 Å². The average Bonchev–Trinajstić information content (AvgIpc) is 2.72. The van der Waals surface area contributed by atoms with E-state index in [9.17, 15) is 14.7 Å². The van der Waals surface area contributed by atoms with Crippen LogP contribution in [0.3, 0.4) is 0 Å². The molecule has 1 aliphatic carbocycles. The third kappa shape index (κ3) is 6.69. The first-order chi connectivity index (χ1) is 14.5. The number of nitrogens with one attached hydrogen (secondary N) is 2. The number of hydrogen-bond donors (Lipinski definition) is 3. The highest BCUT2D eigenvalue weighted by molar-refractivity contribution is 5.83. The van der Waals surface area contributed by atoms with Gasteiger partial charge in [-0.3, -0.25) is 4.79 Å². The quantitative estimate of drug-likeness (QED) is 0.482. The Bertz CT molecular complexity index is 718. The SMILES string of the molecule is CCCCC(=O)NC(CCOC1CC(CCc2ccc3c(n2)NCCC3)C1)C(=O)O. The van der Waals surface area contributed by atoms with Crippen molar-refractivity contribution in [3.8, 4) is 0 Å². The molecule has 0 aromatic carbocycles. The number of carbonyl (C=O) groups is 2. The van der Waals surface area contributed by atoms with Gasteiger partial charge in [-0.2, -0.15) is 0 Å². The molecule has 2 heterocycles. The number of anilines is 1. The van der Waals surface area contributed by atoms with Crippen LogP contribution in [0.15, 0.2) is 12.1 Å². The van der Waals surface area contributed by atoms with E-state index in [-0.39, 0.29) is 12.0 Å². The van der Waals surface area contributed by atoms with Gasteiger partial charge in [0.2, 0.25) is 5.91 Å². The van der Waals surface area contributed by atoms with Crippen molar-refractivity contribution in [3.63, 3.8) is 0 Å². The summed E-state index contributed by atoms with van der Waals surface area (Å²) in [6, 6.07) is 3.49. The Morgan fingerprint density at radius 3 is 2.97 bits per heavy atom. The molecule has 1 atom stereocenters. The lowest BCUT2D eigenvalue weighted by Gasteiger charge is -2.35. The third-order valence-corrected chi connectivity index (χ3v) is 6.10. The van der Waals surface area contributed by atoms with Gasteiger partial charge in [0.05, 0.1) is 6.10 Å².